The lowest BCUT2D eigenvalue weighted by Gasteiger charge is -2.05. The fourth-order valence-corrected chi connectivity index (χ4v) is 1.44. The Kier molecular flexibility index (Phi) is 2.45. The third kappa shape index (κ3) is 1.98. The van der Waals surface area contributed by atoms with Crippen molar-refractivity contribution in [2.24, 2.45) is 4.99 Å². The number of amidine groups is 1. The zero-order chi connectivity index (χ0) is 9.10. The maximum absolute atomic E-state index is 5.87. The van der Waals surface area contributed by atoms with E-state index >= 15 is 0 Å². The van der Waals surface area contributed by atoms with Gasteiger partial charge >= 0.3 is 0 Å². The van der Waals surface area contributed by atoms with Crippen LogP contribution in [-0.2, 0) is 0 Å². The summed E-state index contributed by atoms with van der Waals surface area (Å²) in [5, 5.41) is 3.66. The van der Waals surface area contributed by atoms with Crippen molar-refractivity contribution < 1.29 is 0 Å². The summed E-state index contributed by atoms with van der Waals surface area (Å²) in [6, 6.07) is 3.75. The molecule has 2 heterocycles. The minimum absolute atomic E-state index is 0.497. The zero-order valence-electron chi connectivity index (χ0n) is 7.13. The molecule has 0 radical (unpaired) electrons. The smallest absolute Gasteiger partial charge is 0.152 e. The molecule has 1 aromatic rings. The Morgan fingerprint density at radius 2 is 2.38 bits per heavy atom. The van der Waals surface area contributed by atoms with Crippen molar-refractivity contribution in [1.29, 1.82) is 0 Å². The largest absolute Gasteiger partial charge is 0.342 e. The molecule has 0 spiro atoms. The molecule has 0 unspecified atom stereocenters. The second-order valence-corrected chi connectivity index (χ2v) is 3.26. The number of hydrogen-bond donors (Lipinski definition) is 1. The van der Waals surface area contributed by atoms with Crippen molar-refractivity contribution in [2.75, 3.05) is 11.9 Å². The molecule has 68 valence electrons. The third-order valence-electron chi connectivity index (χ3n) is 1.91. The first-order chi connectivity index (χ1) is 6.36. The molecular weight excluding hydrogens is 186 g/mol. The quantitative estimate of drug-likeness (QED) is 0.699. The van der Waals surface area contributed by atoms with E-state index in [2.05, 4.69) is 15.3 Å². The average molecular weight is 196 g/mol. The van der Waals surface area contributed by atoms with Crippen molar-refractivity contribution in [3.8, 4) is 0 Å². The number of nitrogens with one attached hydrogen (secondary N) is 1. The molecule has 0 saturated carbocycles. The molecule has 1 aromatic heterocycles. The minimum atomic E-state index is 0.497. The lowest BCUT2D eigenvalue weighted by Crippen LogP contribution is -2.08. The number of aliphatic imine (C=N–C) groups is 1. The summed E-state index contributed by atoms with van der Waals surface area (Å²) in [7, 11) is 0. The monoisotopic (exact) mass is 195 g/mol. The van der Waals surface area contributed by atoms with Gasteiger partial charge in [0.15, 0.2) is 5.15 Å². The maximum atomic E-state index is 5.87. The molecule has 0 aliphatic carbocycles. The van der Waals surface area contributed by atoms with Crippen molar-refractivity contribution in [3.05, 3.63) is 23.5 Å². The SMILES string of the molecule is Clc1ncccc1NC1=NCCC1. The maximum Gasteiger partial charge on any atom is 0.152 e. The first kappa shape index (κ1) is 8.51. The Labute approximate surface area is 81.9 Å². The van der Waals surface area contributed by atoms with E-state index in [0.717, 1.165) is 30.9 Å². The average Bonchev–Trinajstić information content (AvgIpc) is 2.61. The first-order valence-corrected chi connectivity index (χ1v) is 4.65. The molecule has 1 N–H and O–H groups in total. The van der Waals surface area contributed by atoms with Gasteiger partial charge in [0, 0.05) is 19.2 Å². The van der Waals surface area contributed by atoms with Gasteiger partial charge in [-0.25, -0.2) is 4.98 Å². The highest BCUT2D eigenvalue weighted by Gasteiger charge is 2.07. The summed E-state index contributed by atoms with van der Waals surface area (Å²) in [6.45, 7) is 0.917. The number of anilines is 1. The van der Waals surface area contributed by atoms with E-state index in [0.29, 0.717) is 5.15 Å². The van der Waals surface area contributed by atoms with Gasteiger partial charge in [-0.3, -0.25) is 4.99 Å². The molecular formula is C9H10ClN3. The van der Waals surface area contributed by atoms with E-state index < -0.39 is 0 Å². The molecule has 0 bridgehead atoms. The van der Waals surface area contributed by atoms with Gasteiger partial charge in [0.1, 0.15) is 5.84 Å². The van der Waals surface area contributed by atoms with Crippen LogP contribution in [0.5, 0.6) is 0 Å². The number of rotatable bonds is 1. The molecule has 0 saturated heterocycles. The highest BCUT2D eigenvalue weighted by atomic mass is 35.5. The highest BCUT2D eigenvalue weighted by molar-refractivity contribution is 6.32. The van der Waals surface area contributed by atoms with Crippen LogP contribution in [0.4, 0.5) is 5.69 Å². The van der Waals surface area contributed by atoms with E-state index in [1.54, 1.807) is 6.20 Å². The van der Waals surface area contributed by atoms with E-state index in [4.69, 9.17) is 11.6 Å². The van der Waals surface area contributed by atoms with Crippen LogP contribution in [0.1, 0.15) is 12.8 Å². The molecule has 0 amide bonds. The molecule has 0 atom stereocenters. The first-order valence-electron chi connectivity index (χ1n) is 4.27. The molecule has 1 aliphatic rings. The van der Waals surface area contributed by atoms with Gasteiger partial charge < -0.3 is 5.32 Å². The van der Waals surface area contributed by atoms with Crippen molar-refractivity contribution >= 4 is 23.1 Å². The lowest BCUT2D eigenvalue weighted by molar-refractivity contribution is 0.951. The summed E-state index contributed by atoms with van der Waals surface area (Å²) >= 11 is 5.87. The Morgan fingerprint density at radius 1 is 1.46 bits per heavy atom. The normalized spacial score (nSPS) is 15.6. The molecule has 1 aliphatic heterocycles. The van der Waals surface area contributed by atoms with E-state index in [1.165, 1.54) is 0 Å². The number of pyridine rings is 1. The van der Waals surface area contributed by atoms with Gasteiger partial charge in [0.05, 0.1) is 5.69 Å². The number of halogens is 1. The zero-order valence-corrected chi connectivity index (χ0v) is 7.88. The lowest BCUT2D eigenvalue weighted by atomic mass is 10.3. The van der Waals surface area contributed by atoms with Crippen molar-refractivity contribution in [2.45, 2.75) is 12.8 Å². The fraction of sp³-hybridized carbons (Fsp3) is 0.333. The summed E-state index contributed by atoms with van der Waals surface area (Å²) in [5.41, 5.74) is 0.838. The third-order valence-corrected chi connectivity index (χ3v) is 2.21. The molecule has 4 heteroatoms. The summed E-state index contributed by atoms with van der Waals surface area (Å²) in [4.78, 5) is 8.26. The Bertz CT molecular complexity index is 335. The van der Waals surface area contributed by atoms with Crippen LogP contribution >= 0.6 is 11.6 Å². The van der Waals surface area contributed by atoms with Crippen LogP contribution in [0, 0.1) is 0 Å². The Balaban J connectivity index is 2.13. The molecule has 3 nitrogen and oxygen atoms in total. The summed E-state index contributed by atoms with van der Waals surface area (Å²) in [6.07, 6.45) is 3.80. The second-order valence-electron chi connectivity index (χ2n) is 2.90. The van der Waals surface area contributed by atoms with Crippen LogP contribution in [0.15, 0.2) is 23.3 Å². The Hall–Kier alpha value is -1.09. The van der Waals surface area contributed by atoms with Crippen molar-refractivity contribution in [3.63, 3.8) is 0 Å². The highest BCUT2D eigenvalue weighted by Crippen LogP contribution is 2.19. The molecule has 0 fully saturated rings. The standard InChI is InChI=1S/C9H10ClN3/c10-9-7(3-1-6-12-9)13-8-4-2-5-11-8/h1,3,6H,2,4-5H2,(H,11,13). The Morgan fingerprint density at radius 3 is 3.08 bits per heavy atom. The van der Waals surface area contributed by atoms with Gasteiger partial charge in [-0.2, -0.15) is 0 Å². The number of hydrogen-bond acceptors (Lipinski definition) is 3. The van der Waals surface area contributed by atoms with Crippen molar-refractivity contribution in [1.82, 2.24) is 4.98 Å². The van der Waals surface area contributed by atoms with E-state index in [-0.39, 0.29) is 0 Å². The van der Waals surface area contributed by atoms with Crippen LogP contribution < -0.4 is 5.32 Å². The second kappa shape index (κ2) is 3.75. The van der Waals surface area contributed by atoms with Crippen LogP contribution in [-0.4, -0.2) is 17.4 Å². The minimum Gasteiger partial charge on any atom is -0.342 e. The van der Waals surface area contributed by atoms with Crippen LogP contribution in [0.25, 0.3) is 0 Å². The van der Waals surface area contributed by atoms with Gasteiger partial charge in [-0.1, -0.05) is 11.6 Å². The molecule has 2 rings (SSSR count). The van der Waals surface area contributed by atoms with Gasteiger partial charge in [-0.05, 0) is 18.6 Å². The summed E-state index contributed by atoms with van der Waals surface area (Å²) in [5.74, 6) is 1.01. The topological polar surface area (TPSA) is 37.3 Å². The molecule has 13 heavy (non-hydrogen) atoms. The number of nitrogens with zero attached hydrogens (tertiary/aromatic N) is 2. The predicted molar refractivity (Wildman–Crippen MR) is 54.4 cm³/mol. The van der Waals surface area contributed by atoms with Gasteiger partial charge in [0.25, 0.3) is 0 Å². The number of aromatic nitrogens is 1. The molecule has 0 aromatic carbocycles. The van der Waals surface area contributed by atoms with Crippen LogP contribution in [0.3, 0.4) is 0 Å². The van der Waals surface area contributed by atoms with Crippen LogP contribution in [0.2, 0.25) is 5.15 Å². The fourth-order valence-electron chi connectivity index (χ4n) is 1.28. The van der Waals surface area contributed by atoms with Gasteiger partial charge in [0.2, 0.25) is 0 Å². The van der Waals surface area contributed by atoms with E-state index in [9.17, 15) is 0 Å². The summed E-state index contributed by atoms with van der Waals surface area (Å²) < 4.78 is 0. The predicted octanol–water partition coefficient (Wildman–Crippen LogP) is 2.34. The van der Waals surface area contributed by atoms with Gasteiger partial charge in [-0.15, -0.1) is 0 Å². The van der Waals surface area contributed by atoms with E-state index in [1.807, 2.05) is 12.1 Å².